The molecule has 0 saturated heterocycles. The summed E-state index contributed by atoms with van der Waals surface area (Å²) in [7, 11) is 0. The normalized spacial score (nSPS) is 10.7. The van der Waals surface area contributed by atoms with Gasteiger partial charge in [0.15, 0.2) is 5.82 Å². The minimum atomic E-state index is -0.370. The SMILES string of the molecule is CCCCCc1ccc(-c2cc3c#cc2c(SC#N)c3F)cc1. The largest absolute Gasteiger partial charge is 0.204 e. The molecular weight excluding hydrogens is 305 g/mol. The number of benzene rings is 2. The zero-order chi connectivity index (χ0) is 16.2. The molecule has 0 saturated carbocycles. The molecular formula is C20H16FNS. The highest BCUT2D eigenvalue weighted by molar-refractivity contribution is 8.04. The first kappa shape index (κ1) is 15.7. The molecule has 0 spiro atoms. The van der Waals surface area contributed by atoms with Gasteiger partial charge in [-0.05, 0) is 47.4 Å². The van der Waals surface area contributed by atoms with Gasteiger partial charge in [0, 0.05) is 0 Å². The number of nitrogens with zero attached hydrogens (tertiary/aromatic N) is 1. The highest BCUT2D eigenvalue weighted by Gasteiger charge is 2.16. The molecule has 0 aliphatic carbocycles. The first-order valence-electron chi connectivity index (χ1n) is 7.78. The molecule has 0 radical (unpaired) electrons. The average molecular weight is 321 g/mol. The van der Waals surface area contributed by atoms with Crippen LogP contribution in [-0.4, -0.2) is 0 Å². The van der Waals surface area contributed by atoms with Crippen LogP contribution in [0.3, 0.4) is 0 Å². The van der Waals surface area contributed by atoms with Gasteiger partial charge in [0.2, 0.25) is 0 Å². The van der Waals surface area contributed by atoms with Crippen molar-refractivity contribution in [3.05, 3.63) is 53.8 Å². The first-order chi connectivity index (χ1) is 11.2. The molecule has 0 aliphatic rings. The maximum atomic E-state index is 14.2. The van der Waals surface area contributed by atoms with E-state index < -0.39 is 0 Å². The second kappa shape index (κ2) is 6.90. The number of halogens is 1. The average Bonchev–Trinajstić information content (AvgIpc) is 2.59. The Hall–Kier alpha value is -2.23. The Morgan fingerprint density at radius 2 is 1.96 bits per heavy atom. The fourth-order valence-electron chi connectivity index (χ4n) is 2.78. The van der Waals surface area contributed by atoms with Crippen molar-refractivity contribution in [2.24, 2.45) is 0 Å². The van der Waals surface area contributed by atoms with Crippen LogP contribution in [0.5, 0.6) is 0 Å². The van der Waals surface area contributed by atoms with Crippen molar-refractivity contribution in [2.75, 3.05) is 0 Å². The number of thioether (sulfide) groups is 1. The second-order valence-electron chi connectivity index (χ2n) is 5.59. The van der Waals surface area contributed by atoms with Gasteiger partial charge >= 0.3 is 0 Å². The Labute approximate surface area is 140 Å². The zero-order valence-electron chi connectivity index (χ0n) is 12.9. The van der Waals surface area contributed by atoms with Crippen LogP contribution in [0.1, 0.15) is 31.7 Å². The molecule has 4 aromatic rings. The quantitative estimate of drug-likeness (QED) is 0.316. The number of aryl methyl sites for hydroxylation is 1. The summed E-state index contributed by atoms with van der Waals surface area (Å²) in [6, 6.07) is 16.0. The lowest BCUT2D eigenvalue weighted by Gasteiger charge is -2.10. The fraction of sp³-hybridized carbons (Fsp3) is 0.250. The van der Waals surface area contributed by atoms with E-state index in [0.717, 1.165) is 29.3 Å². The molecule has 0 unspecified atom stereocenters. The third kappa shape index (κ3) is 3.11. The Morgan fingerprint density at radius 1 is 1.17 bits per heavy atom. The predicted octanol–water partition coefficient (Wildman–Crippen LogP) is 5.99. The Kier molecular flexibility index (Phi) is 4.70. The van der Waals surface area contributed by atoms with Gasteiger partial charge < -0.3 is 0 Å². The highest BCUT2D eigenvalue weighted by Crippen LogP contribution is 2.37. The molecule has 0 aromatic heterocycles. The second-order valence-corrected chi connectivity index (χ2v) is 6.38. The molecule has 0 atom stereocenters. The van der Waals surface area contributed by atoms with Crippen LogP contribution in [0.4, 0.5) is 4.39 Å². The number of hydrogen-bond donors (Lipinski definition) is 0. The summed E-state index contributed by atoms with van der Waals surface area (Å²) in [5, 5.41) is 11.8. The monoisotopic (exact) mass is 321 g/mol. The third-order valence-electron chi connectivity index (χ3n) is 4.02. The smallest absolute Gasteiger partial charge is 0.154 e. The molecule has 2 bridgehead atoms. The van der Waals surface area contributed by atoms with Crippen LogP contribution in [-0.2, 0) is 6.42 Å². The van der Waals surface area contributed by atoms with Crippen LogP contribution >= 0.6 is 11.8 Å². The molecule has 3 heteroatoms. The van der Waals surface area contributed by atoms with E-state index in [0.29, 0.717) is 15.7 Å². The van der Waals surface area contributed by atoms with E-state index >= 15 is 0 Å². The zero-order valence-corrected chi connectivity index (χ0v) is 13.8. The topological polar surface area (TPSA) is 23.8 Å². The van der Waals surface area contributed by atoms with E-state index in [2.05, 4.69) is 43.3 Å². The first-order valence-corrected chi connectivity index (χ1v) is 8.60. The van der Waals surface area contributed by atoms with Gasteiger partial charge in [-0.2, -0.15) is 5.26 Å². The van der Waals surface area contributed by atoms with Crippen LogP contribution in [0.15, 0.2) is 35.2 Å². The van der Waals surface area contributed by atoms with Crippen molar-refractivity contribution < 1.29 is 4.39 Å². The molecule has 4 rings (SSSR count). The van der Waals surface area contributed by atoms with Crippen LogP contribution in [0.25, 0.3) is 21.9 Å². The van der Waals surface area contributed by atoms with Crippen molar-refractivity contribution in [1.82, 2.24) is 0 Å². The van der Waals surface area contributed by atoms with E-state index in [1.54, 1.807) is 6.07 Å². The molecule has 4 aromatic carbocycles. The van der Waals surface area contributed by atoms with Crippen LogP contribution in [0, 0.1) is 28.6 Å². The van der Waals surface area contributed by atoms with Gasteiger partial charge in [-0.1, -0.05) is 56.2 Å². The van der Waals surface area contributed by atoms with Gasteiger partial charge in [-0.15, -0.1) is 0 Å². The van der Waals surface area contributed by atoms with Crippen molar-refractivity contribution in [3.8, 4) is 16.5 Å². The summed E-state index contributed by atoms with van der Waals surface area (Å²) in [4.78, 5) is 0.353. The summed E-state index contributed by atoms with van der Waals surface area (Å²) in [5.41, 5.74) is 3.26. The number of thiocyanates is 1. The lowest BCUT2D eigenvalue weighted by atomic mass is 9.97. The van der Waals surface area contributed by atoms with Gasteiger partial charge in [0.25, 0.3) is 0 Å². The number of fused-ring (bicyclic) bond motifs is 2. The number of rotatable bonds is 6. The number of unbranched alkanes of at least 4 members (excludes halogenated alkanes) is 2. The number of hydrogen-bond acceptors (Lipinski definition) is 2. The molecule has 1 nitrogen and oxygen atoms in total. The minimum Gasteiger partial charge on any atom is -0.204 e. The Balaban J connectivity index is 1.93. The lowest BCUT2D eigenvalue weighted by Crippen LogP contribution is -1.91. The summed E-state index contributed by atoms with van der Waals surface area (Å²) >= 11 is 0.848. The Bertz CT molecular complexity index is 833. The van der Waals surface area contributed by atoms with Gasteiger partial charge in [-0.3, -0.25) is 0 Å². The number of nitriles is 1. The van der Waals surface area contributed by atoms with Crippen molar-refractivity contribution in [2.45, 2.75) is 37.5 Å². The summed E-state index contributed by atoms with van der Waals surface area (Å²) in [5.74, 6) is -0.370. The lowest BCUT2D eigenvalue weighted by molar-refractivity contribution is 0.616. The standard InChI is InChI=1S/C20H16FNS/c1-2-3-4-5-14-6-8-15(9-7-14)18-12-16-10-11-17(18)20(19(16)21)23-13-22/h6-9,12H,2-5H2,1H3. The molecule has 23 heavy (non-hydrogen) atoms. The Morgan fingerprint density at radius 3 is 2.65 bits per heavy atom. The van der Waals surface area contributed by atoms with E-state index in [4.69, 9.17) is 5.26 Å². The highest BCUT2D eigenvalue weighted by atomic mass is 32.2. The van der Waals surface area contributed by atoms with Gasteiger partial charge in [0.05, 0.1) is 15.7 Å². The van der Waals surface area contributed by atoms with Gasteiger partial charge in [0.1, 0.15) is 5.40 Å². The van der Waals surface area contributed by atoms with Crippen LogP contribution < -0.4 is 0 Å². The van der Waals surface area contributed by atoms with Gasteiger partial charge in [-0.25, -0.2) is 4.39 Å². The molecule has 114 valence electrons. The molecule has 0 N–H and O–H groups in total. The molecule has 0 amide bonds. The summed E-state index contributed by atoms with van der Waals surface area (Å²) < 4.78 is 14.2. The fourth-order valence-corrected chi connectivity index (χ4v) is 3.33. The van der Waals surface area contributed by atoms with Crippen molar-refractivity contribution >= 4 is 22.5 Å². The maximum absolute atomic E-state index is 14.2. The molecule has 0 fully saturated rings. The van der Waals surface area contributed by atoms with E-state index in [1.807, 2.05) is 5.40 Å². The van der Waals surface area contributed by atoms with E-state index in [1.165, 1.54) is 24.8 Å². The van der Waals surface area contributed by atoms with Crippen molar-refractivity contribution in [3.63, 3.8) is 0 Å². The van der Waals surface area contributed by atoms with Crippen LogP contribution in [0.2, 0.25) is 0 Å². The maximum Gasteiger partial charge on any atom is 0.154 e. The summed E-state index contributed by atoms with van der Waals surface area (Å²) in [6.45, 7) is 2.20. The van der Waals surface area contributed by atoms with E-state index in [-0.39, 0.29) is 5.82 Å². The summed E-state index contributed by atoms with van der Waals surface area (Å²) in [6.07, 6.45) is 4.76. The minimum absolute atomic E-state index is 0.353. The third-order valence-corrected chi connectivity index (χ3v) is 4.70. The van der Waals surface area contributed by atoms with E-state index in [9.17, 15) is 4.39 Å². The molecule has 0 heterocycles. The predicted molar refractivity (Wildman–Crippen MR) is 92.9 cm³/mol. The molecule has 0 aliphatic heterocycles. The van der Waals surface area contributed by atoms with Crippen molar-refractivity contribution in [1.29, 1.82) is 5.26 Å².